The van der Waals surface area contributed by atoms with Gasteiger partial charge in [-0.05, 0) is 19.4 Å². The Hall–Kier alpha value is -1.95. The van der Waals surface area contributed by atoms with Crippen LogP contribution in [0.3, 0.4) is 0 Å². The summed E-state index contributed by atoms with van der Waals surface area (Å²) in [6.45, 7) is 3.73. The Balaban J connectivity index is 2.30. The van der Waals surface area contributed by atoms with Crippen molar-refractivity contribution in [3.63, 3.8) is 0 Å². The molecule has 0 radical (unpaired) electrons. The van der Waals surface area contributed by atoms with Crippen LogP contribution < -0.4 is 5.32 Å². The molecule has 1 atom stereocenters. The fourth-order valence-electron chi connectivity index (χ4n) is 1.98. The van der Waals surface area contributed by atoms with Gasteiger partial charge in [0.2, 0.25) is 0 Å². The van der Waals surface area contributed by atoms with E-state index in [2.05, 4.69) is 15.4 Å². The van der Waals surface area contributed by atoms with Gasteiger partial charge in [-0.1, -0.05) is 6.92 Å². The molecule has 6 heteroatoms. The number of carbonyl (C=O) groups is 1. The molecule has 1 amide bonds. The maximum atomic E-state index is 12.0. The molecule has 2 rings (SSSR count). The summed E-state index contributed by atoms with van der Waals surface area (Å²) in [4.78, 5) is 16.3. The zero-order valence-corrected chi connectivity index (χ0v) is 11.3. The highest BCUT2D eigenvalue weighted by atomic mass is 16.3. The zero-order valence-electron chi connectivity index (χ0n) is 11.3. The van der Waals surface area contributed by atoms with Crippen molar-refractivity contribution < 1.29 is 9.90 Å². The van der Waals surface area contributed by atoms with Gasteiger partial charge in [0.25, 0.3) is 5.91 Å². The fraction of sp³-hybridized carbons (Fsp3) is 0.462. The Morgan fingerprint density at radius 1 is 1.58 bits per heavy atom. The number of rotatable bonds is 4. The van der Waals surface area contributed by atoms with Gasteiger partial charge in [0.05, 0.1) is 23.9 Å². The number of fused-ring (bicyclic) bond motifs is 1. The minimum Gasteiger partial charge on any atom is -0.394 e. The fourth-order valence-corrected chi connectivity index (χ4v) is 1.98. The van der Waals surface area contributed by atoms with E-state index in [4.69, 9.17) is 5.11 Å². The van der Waals surface area contributed by atoms with E-state index in [-0.39, 0.29) is 18.6 Å². The van der Waals surface area contributed by atoms with Crippen LogP contribution in [0.1, 0.15) is 29.4 Å². The lowest BCUT2D eigenvalue weighted by Gasteiger charge is -2.13. The van der Waals surface area contributed by atoms with Crippen LogP contribution >= 0.6 is 0 Å². The number of pyridine rings is 1. The average Bonchev–Trinajstić information content (AvgIpc) is 2.70. The lowest BCUT2D eigenvalue weighted by molar-refractivity contribution is 0.0915. The Bertz CT molecular complexity index is 602. The van der Waals surface area contributed by atoms with E-state index in [9.17, 15) is 4.79 Å². The number of hydrogen-bond donors (Lipinski definition) is 2. The third kappa shape index (κ3) is 2.58. The first-order valence-corrected chi connectivity index (χ1v) is 6.27. The summed E-state index contributed by atoms with van der Waals surface area (Å²) in [7, 11) is 1.82. The molecule has 0 saturated heterocycles. The molecule has 0 aromatic carbocycles. The molecule has 0 aliphatic carbocycles. The van der Waals surface area contributed by atoms with Gasteiger partial charge in [-0.15, -0.1) is 0 Å². The van der Waals surface area contributed by atoms with Crippen molar-refractivity contribution in [3.8, 4) is 0 Å². The van der Waals surface area contributed by atoms with Crippen LogP contribution in [-0.4, -0.2) is 38.4 Å². The van der Waals surface area contributed by atoms with Crippen LogP contribution in [0.15, 0.2) is 12.3 Å². The second-order valence-corrected chi connectivity index (χ2v) is 4.57. The third-order valence-corrected chi connectivity index (χ3v) is 3.17. The zero-order chi connectivity index (χ0) is 14.0. The highest BCUT2D eigenvalue weighted by Gasteiger charge is 2.14. The van der Waals surface area contributed by atoms with Crippen molar-refractivity contribution >= 4 is 16.9 Å². The van der Waals surface area contributed by atoms with Crippen LogP contribution in [0, 0.1) is 6.92 Å². The molecule has 0 aliphatic rings. The molecule has 6 nitrogen and oxygen atoms in total. The molecule has 0 unspecified atom stereocenters. The second-order valence-electron chi connectivity index (χ2n) is 4.57. The summed E-state index contributed by atoms with van der Waals surface area (Å²) >= 11 is 0. The highest BCUT2D eigenvalue weighted by molar-refractivity contribution is 5.97. The molecule has 2 aromatic rings. The van der Waals surface area contributed by atoms with Gasteiger partial charge in [0.1, 0.15) is 0 Å². The van der Waals surface area contributed by atoms with E-state index < -0.39 is 0 Å². The average molecular weight is 262 g/mol. The minimum atomic E-state index is -0.224. The van der Waals surface area contributed by atoms with Gasteiger partial charge in [0, 0.05) is 18.6 Å². The van der Waals surface area contributed by atoms with Crippen LogP contribution in [-0.2, 0) is 7.05 Å². The van der Waals surface area contributed by atoms with Gasteiger partial charge in [-0.2, -0.15) is 5.10 Å². The first kappa shape index (κ1) is 13.5. The number of carbonyl (C=O) groups excluding carboxylic acids is 1. The molecule has 0 spiro atoms. The molecule has 0 aliphatic heterocycles. The maximum Gasteiger partial charge on any atom is 0.253 e. The van der Waals surface area contributed by atoms with Crippen LogP contribution in [0.25, 0.3) is 11.0 Å². The molecule has 0 fully saturated rings. The number of aliphatic hydroxyl groups excluding tert-OH is 1. The molecule has 0 bridgehead atoms. The topological polar surface area (TPSA) is 80.0 Å². The van der Waals surface area contributed by atoms with Gasteiger partial charge in [-0.3, -0.25) is 9.48 Å². The van der Waals surface area contributed by atoms with E-state index >= 15 is 0 Å². The summed E-state index contributed by atoms with van der Waals surface area (Å²) in [5.74, 6) is -0.224. The lowest BCUT2D eigenvalue weighted by Crippen LogP contribution is -2.36. The lowest BCUT2D eigenvalue weighted by atomic mass is 10.1. The van der Waals surface area contributed by atoms with Crippen molar-refractivity contribution in [2.24, 2.45) is 7.05 Å². The summed E-state index contributed by atoms with van der Waals surface area (Å²) in [6.07, 6.45) is 2.21. The first-order chi connectivity index (χ1) is 9.06. The van der Waals surface area contributed by atoms with E-state index in [1.807, 2.05) is 20.9 Å². The first-order valence-electron chi connectivity index (χ1n) is 6.27. The van der Waals surface area contributed by atoms with Crippen molar-refractivity contribution in [1.29, 1.82) is 0 Å². The number of nitrogens with zero attached hydrogens (tertiary/aromatic N) is 3. The monoisotopic (exact) mass is 262 g/mol. The predicted molar refractivity (Wildman–Crippen MR) is 71.9 cm³/mol. The Morgan fingerprint density at radius 2 is 2.32 bits per heavy atom. The Labute approximate surface area is 111 Å². The number of amides is 1. The number of aromatic nitrogens is 3. The molecule has 102 valence electrons. The van der Waals surface area contributed by atoms with Crippen molar-refractivity contribution in [1.82, 2.24) is 20.1 Å². The normalized spacial score (nSPS) is 12.6. The van der Waals surface area contributed by atoms with Crippen LogP contribution in [0.4, 0.5) is 0 Å². The van der Waals surface area contributed by atoms with E-state index in [0.29, 0.717) is 12.0 Å². The maximum absolute atomic E-state index is 12.0. The molecule has 19 heavy (non-hydrogen) atoms. The molecular weight excluding hydrogens is 244 g/mol. The van der Waals surface area contributed by atoms with Crippen molar-refractivity contribution in [3.05, 3.63) is 23.5 Å². The predicted octanol–water partition coefficient (Wildman–Crippen LogP) is 0.777. The Morgan fingerprint density at radius 3 is 2.95 bits per heavy atom. The molecule has 0 saturated carbocycles. The summed E-state index contributed by atoms with van der Waals surface area (Å²) in [5, 5.41) is 17.0. The van der Waals surface area contributed by atoms with E-state index in [1.54, 1.807) is 10.7 Å². The van der Waals surface area contributed by atoms with Crippen molar-refractivity contribution in [2.45, 2.75) is 26.3 Å². The second kappa shape index (κ2) is 5.36. The summed E-state index contributed by atoms with van der Waals surface area (Å²) in [5.41, 5.74) is 2.08. The number of hydrogen-bond acceptors (Lipinski definition) is 4. The van der Waals surface area contributed by atoms with Gasteiger partial charge in [0.15, 0.2) is 5.65 Å². The van der Waals surface area contributed by atoms with Gasteiger partial charge in [-0.25, -0.2) is 4.98 Å². The van der Waals surface area contributed by atoms with Gasteiger partial charge < -0.3 is 10.4 Å². The third-order valence-electron chi connectivity index (χ3n) is 3.17. The Kier molecular flexibility index (Phi) is 3.80. The highest BCUT2D eigenvalue weighted by Crippen LogP contribution is 2.16. The molecule has 2 aromatic heterocycles. The molecule has 2 heterocycles. The number of nitrogens with one attached hydrogen (secondary N) is 1. The molecule has 2 N–H and O–H groups in total. The minimum absolute atomic E-state index is 0.0656. The van der Waals surface area contributed by atoms with Crippen LogP contribution in [0.2, 0.25) is 0 Å². The smallest absolute Gasteiger partial charge is 0.253 e. The largest absolute Gasteiger partial charge is 0.394 e. The number of aryl methyl sites for hydroxylation is 2. The standard InChI is InChI=1S/C13H18N4O2/c1-4-10(7-18)15-13(19)9-5-11-8(2)16-17(3)12(11)14-6-9/h5-6,10,18H,4,7H2,1-3H3,(H,15,19)/t10-/m1/s1. The molecular formula is C13H18N4O2. The summed E-state index contributed by atoms with van der Waals surface area (Å²) in [6, 6.07) is 1.56. The van der Waals surface area contributed by atoms with Gasteiger partial charge >= 0.3 is 0 Å². The number of aliphatic hydroxyl groups is 1. The van der Waals surface area contributed by atoms with E-state index in [0.717, 1.165) is 16.7 Å². The van der Waals surface area contributed by atoms with Crippen molar-refractivity contribution in [2.75, 3.05) is 6.61 Å². The quantitative estimate of drug-likeness (QED) is 0.853. The van der Waals surface area contributed by atoms with E-state index in [1.165, 1.54) is 6.20 Å². The summed E-state index contributed by atoms with van der Waals surface area (Å²) < 4.78 is 1.69. The SMILES string of the molecule is CC[C@H](CO)NC(=O)c1cnc2c(c1)c(C)nn2C. The van der Waals surface area contributed by atoms with Crippen LogP contribution in [0.5, 0.6) is 0 Å².